The third kappa shape index (κ3) is 4.70. The number of nitrogens with one attached hydrogen (secondary N) is 1. The molecule has 0 aliphatic heterocycles. The molecule has 1 amide bonds. The van der Waals surface area contributed by atoms with Crippen LogP contribution in [0, 0.1) is 5.92 Å². The zero-order valence-electron chi connectivity index (χ0n) is 17.1. The fourth-order valence-electron chi connectivity index (χ4n) is 3.88. The van der Waals surface area contributed by atoms with E-state index >= 15 is 0 Å². The molecule has 0 saturated carbocycles. The van der Waals surface area contributed by atoms with Gasteiger partial charge in [-0.3, -0.25) is 14.2 Å². The van der Waals surface area contributed by atoms with Gasteiger partial charge in [-0.05, 0) is 54.9 Å². The molecule has 0 bridgehead atoms. The highest BCUT2D eigenvalue weighted by atomic mass is 32.2. The first-order valence-electron chi connectivity index (χ1n) is 10.1. The van der Waals surface area contributed by atoms with E-state index < -0.39 is 10.0 Å². The fraction of sp³-hybridized carbons (Fsp3) is 0.381. The second-order valence-corrected chi connectivity index (χ2v) is 10.6. The van der Waals surface area contributed by atoms with Crippen molar-refractivity contribution in [3.05, 3.63) is 57.0 Å². The van der Waals surface area contributed by atoms with E-state index in [1.165, 1.54) is 27.9 Å². The topological polar surface area (TPSA) is 124 Å². The number of aromatic nitrogens is 2. The van der Waals surface area contributed by atoms with E-state index in [9.17, 15) is 18.0 Å². The number of hydrogen-bond acceptors (Lipinski definition) is 6. The van der Waals surface area contributed by atoms with Crippen molar-refractivity contribution in [3.63, 3.8) is 0 Å². The number of carbonyl (C=O) groups excluding carboxylic acids is 1. The van der Waals surface area contributed by atoms with Crippen LogP contribution in [0.15, 0.2) is 40.3 Å². The van der Waals surface area contributed by atoms with Gasteiger partial charge in [0.15, 0.2) is 0 Å². The number of primary sulfonamides is 1. The largest absolute Gasteiger partial charge is 0.354 e. The molecule has 1 aliphatic rings. The lowest BCUT2D eigenvalue weighted by Gasteiger charge is -2.17. The van der Waals surface area contributed by atoms with Crippen molar-refractivity contribution in [2.75, 3.05) is 6.54 Å². The van der Waals surface area contributed by atoms with Gasteiger partial charge in [-0.25, -0.2) is 18.5 Å². The van der Waals surface area contributed by atoms with Gasteiger partial charge >= 0.3 is 0 Å². The SMILES string of the molecule is CC1CCc2c(sc3ncn(CC(=O)NCCc4ccc(S(N)(=O)=O)cc4)c(=O)c23)C1. The van der Waals surface area contributed by atoms with Crippen molar-refractivity contribution in [2.45, 2.75) is 44.0 Å². The van der Waals surface area contributed by atoms with Gasteiger partial charge in [-0.2, -0.15) is 0 Å². The zero-order chi connectivity index (χ0) is 22.2. The normalized spacial score (nSPS) is 16.3. The van der Waals surface area contributed by atoms with Gasteiger partial charge in [0.2, 0.25) is 15.9 Å². The van der Waals surface area contributed by atoms with Crippen molar-refractivity contribution < 1.29 is 13.2 Å². The van der Waals surface area contributed by atoms with Gasteiger partial charge in [0.05, 0.1) is 16.6 Å². The molecule has 3 N–H and O–H groups in total. The average molecular weight is 461 g/mol. The number of nitrogens with two attached hydrogens (primary N) is 1. The Kier molecular flexibility index (Phi) is 5.96. The number of fused-ring (bicyclic) bond motifs is 3. The molecule has 0 saturated heterocycles. The lowest BCUT2D eigenvalue weighted by atomic mass is 9.89. The van der Waals surface area contributed by atoms with E-state index in [4.69, 9.17) is 5.14 Å². The molecule has 0 spiro atoms. The minimum Gasteiger partial charge on any atom is -0.354 e. The highest BCUT2D eigenvalue weighted by molar-refractivity contribution is 7.89. The number of nitrogens with zero attached hydrogens (tertiary/aromatic N) is 2. The first kappa shape index (κ1) is 21.7. The Balaban J connectivity index is 1.40. The second kappa shape index (κ2) is 8.52. The van der Waals surface area contributed by atoms with E-state index in [2.05, 4.69) is 17.2 Å². The van der Waals surface area contributed by atoms with Crippen LogP contribution in [-0.2, 0) is 40.6 Å². The van der Waals surface area contributed by atoms with Crippen LogP contribution in [0.25, 0.3) is 10.2 Å². The smallest absolute Gasteiger partial charge is 0.262 e. The number of carbonyl (C=O) groups is 1. The van der Waals surface area contributed by atoms with Crippen molar-refractivity contribution in [2.24, 2.45) is 11.1 Å². The summed E-state index contributed by atoms with van der Waals surface area (Å²) in [4.78, 5) is 31.8. The molecule has 3 aromatic rings. The number of amides is 1. The summed E-state index contributed by atoms with van der Waals surface area (Å²) in [5.41, 5.74) is 1.81. The second-order valence-electron chi connectivity index (χ2n) is 8.00. The predicted octanol–water partition coefficient (Wildman–Crippen LogP) is 1.59. The quantitative estimate of drug-likeness (QED) is 0.578. The van der Waals surface area contributed by atoms with Crippen molar-refractivity contribution in [1.82, 2.24) is 14.9 Å². The number of aryl methyl sites for hydroxylation is 1. The predicted molar refractivity (Wildman–Crippen MR) is 120 cm³/mol. The van der Waals surface area contributed by atoms with Gasteiger partial charge in [-0.15, -0.1) is 11.3 Å². The first-order valence-corrected chi connectivity index (χ1v) is 12.5. The molecule has 1 atom stereocenters. The van der Waals surface area contributed by atoms with Crippen LogP contribution in [0.1, 0.15) is 29.3 Å². The van der Waals surface area contributed by atoms with E-state index in [-0.39, 0.29) is 22.9 Å². The molecule has 10 heteroatoms. The molecule has 1 unspecified atom stereocenters. The molecule has 1 aromatic carbocycles. The molecule has 0 radical (unpaired) electrons. The Hall–Kier alpha value is -2.56. The summed E-state index contributed by atoms with van der Waals surface area (Å²) in [5, 5.41) is 8.55. The van der Waals surface area contributed by atoms with Gasteiger partial charge in [0.25, 0.3) is 5.56 Å². The van der Waals surface area contributed by atoms with Gasteiger partial charge < -0.3 is 5.32 Å². The number of thiophene rings is 1. The summed E-state index contributed by atoms with van der Waals surface area (Å²) in [6.45, 7) is 2.49. The minimum atomic E-state index is -3.72. The molecule has 2 heterocycles. The highest BCUT2D eigenvalue weighted by Gasteiger charge is 2.23. The van der Waals surface area contributed by atoms with E-state index in [1.54, 1.807) is 23.5 Å². The average Bonchev–Trinajstić information content (AvgIpc) is 3.08. The summed E-state index contributed by atoms with van der Waals surface area (Å²) in [7, 11) is -3.72. The third-order valence-corrected chi connectivity index (χ3v) is 7.68. The summed E-state index contributed by atoms with van der Waals surface area (Å²) < 4.78 is 24.0. The Labute approximate surface area is 184 Å². The number of rotatable bonds is 6. The van der Waals surface area contributed by atoms with Crippen LogP contribution in [0.3, 0.4) is 0 Å². The van der Waals surface area contributed by atoms with Crippen molar-refractivity contribution >= 4 is 37.5 Å². The molecular formula is C21H24N4O4S2. The Bertz CT molecular complexity index is 1290. The van der Waals surface area contributed by atoms with E-state index in [1.807, 2.05) is 0 Å². The fourth-order valence-corrected chi connectivity index (χ4v) is 5.74. The van der Waals surface area contributed by atoms with Crippen LogP contribution in [-0.4, -0.2) is 30.4 Å². The maximum Gasteiger partial charge on any atom is 0.262 e. The lowest BCUT2D eigenvalue weighted by Crippen LogP contribution is -2.33. The Morgan fingerprint density at radius 1 is 1.32 bits per heavy atom. The number of benzene rings is 1. The van der Waals surface area contributed by atoms with Crippen LogP contribution >= 0.6 is 11.3 Å². The molecule has 4 rings (SSSR count). The van der Waals surface area contributed by atoms with Crippen molar-refractivity contribution in [3.8, 4) is 0 Å². The minimum absolute atomic E-state index is 0.0487. The van der Waals surface area contributed by atoms with Gasteiger partial charge in [-0.1, -0.05) is 19.1 Å². The standard InChI is InChI=1S/C21H24N4O4S2/c1-13-2-7-16-17(10-13)30-20-19(16)21(27)25(12-24-20)11-18(26)23-9-8-14-3-5-15(6-4-14)31(22,28)29/h3-6,12-13H,2,7-11H2,1H3,(H,23,26)(H2,22,28,29). The third-order valence-electron chi connectivity index (χ3n) is 5.58. The molecule has 2 aromatic heterocycles. The zero-order valence-corrected chi connectivity index (χ0v) is 18.8. The molecule has 31 heavy (non-hydrogen) atoms. The van der Waals surface area contributed by atoms with Crippen LogP contribution in [0.5, 0.6) is 0 Å². The number of hydrogen-bond donors (Lipinski definition) is 2. The molecular weight excluding hydrogens is 436 g/mol. The summed E-state index contributed by atoms with van der Waals surface area (Å²) in [5.74, 6) is 0.339. The Morgan fingerprint density at radius 2 is 2.06 bits per heavy atom. The van der Waals surface area contributed by atoms with Crippen LogP contribution in [0.4, 0.5) is 0 Å². The lowest BCUT2D eigenvalue weighted by molar-refractivity contribution is -0.121. The molecule has 8 nitrogen and oxygen atoms in total. The van der Waals surface area contributed by atoms with Crippen LogP contribution < -0.4 is 16.0 Å². The van der Waals surface area contributed by atoms with E-state index in [0.29, 0.717) is 24.3 Å². The monoisotopic (exact) mass is 460 g/mol. The summed E-state index contributed by atoms with van der Waals surface area (Å²) in [6.07, 6.45) is 4.90. The molecule has 164 valence electrons. The van der Waals surface area contributed by atoms with Gasteiger partial charge in [0.1, 0.15) is 11.4 Å². The summed E-state index contributed by atoms with van der Waals surface area (Å²) in [6, 6.07) is 6.20. The first-order chi connectivity index (χ1) is 14.7. The maximum atomic E-state index is 13.0. The highest BCUT2D eigenvalue weighted by Crippen LogP contribution is 2.35. The maximum absolute atomic E-state index is 13.0. The van der Waals surface area contributed by atoms with Crippen LogP contribution in [0.2, 0.25) is 0 Å². The molecule has 1 aliphatic carbocycles. The molecule has 0 fully saturated rings. The Morgan fingerprint density at radius 3 is 2.77 bits per heavy atom. The van der Waals surface area contributed by atoms with E-state index in [0.717, 1.165) is 35.2 Å². The summed E-state index contributed by atoms with van der Waals surface area (Å²) >= 11 is 1.59. The van der Waals surface area contributed by atoms with Gasteiger partial charge in [0, 0.05) is 11.4 Å². The number of sulfonamides is 1. The van der Waals surface area contributed by atoms with Crippen molar-refractivity contribution in [1.29, 1.82) is 0 Å².